The van der Waals surface area contributed by atoms with Crippen molar-refractivity contribution in [2.24, 2.45) is 0 Å². The van der Waals surface area contributed by atoms with Gasteiger partial charge in [-0.1, -0.05) is 35.9 Å². The van der Waals surface area contributed by atoms with Gasteiger partial charge in [0.2, 0.25) is 5.91 Å². The Labute approximate surface area is 116 Å². The van der Waals surface area contributed by atoms with E-state index in [4.69, 9.17) is 11.6 Å². The number of carbonyl (C=O) groups is 1. The molecule has 0 atom stereocenters. The van der Waals surface area contributed by atoms with Crippen LogP contribution in [0.15, 0.2) is 41.8 Å². The summed E-state index contributed by atoms with van der Waals surface area (Å²) in [6.45, 7) is 0.489. The normalized spacial score (nSPS) is 10.3. The molecule has 18 heavy (non-hydrogen) atoms. The highest BCUT2D eigenvalue weighted by Crippen LogP contribution is 2.14. The number of carbonyl (C=O) groups excluding carboxylic acids is 1. The Bertz CT molecular complexity index is 510. The monoisotopic (exact) mass is 279 g/mol. The van der Waals surface area contributed by atoms with Crippen molar-refractivity contribution in [3.8, 4) is 0 Å². The average Bonchev–Trinajstić information content (AvgIpc) is 2.88. The van der Waals surface area contributed by atoms with Crippen molar-refractivity contribution < 1.29 is 4.79 Å². The van der Waals surface area contributed by atoms with E-state index in [0.717, 1.165) is 12.0 Å². The molecular weight excluding hydrogens is 266 g/mol. The van der Waals surface area contributed by atoms with Crippen molar-refractivity contribution in [3.63, 3.8) is 0 Å². The van der Waals surface area contributed by atoms with E-state index in [-0.39, 0.29) is 5.91 Å². The largest absolute Gasteiger partial charge is 0.352 e. The van der Waals surface area contributed by atoms with Gasteiger partial charge in [-0.05, 0) is 29.5 Å². The van der Waals surface area contributed by atoms with Crippen LogP contribution < -0.4 is 5.32 Å². The number of thiophene rings is 1. The third-order valence-corrected chi connectivity index (χ3v) is 3.92. The number of nitrogens with one attached hydrogen (secondary N) is 1. The molecule has 1 aromatic heterocycles. The molecule has 2 aromatic rings. The van der Waals surface area contributed by atoms with E-state index < -0.39 is 0 Å². The van der Waals surface area contributed by atoms with Crippen LogP contribution in [0.5, 0.6) is 0 Å². The molecular formula is C14H14ClNOS. The summed E-state index contributed by atoms with van der Waals surface area (Å²) in [4.78, 5) is 12.9. The highest BCUT2D eigenvalue weighted by Gasteiger charge is 2.04. The maximum atomic E-state index is 11.7. The molecule has 0 unspecified atom stereocenters. The first-order chi connectivity index (χ1) is 8.75. The van der Waals surface area contributed by atoms with Crippen molar-refractivity contribution in [1.82, 2.24) is 5.32 Å². The van der Waals surface area contributed by atoms with Gasteiger partial charge < -0.3 is 5.32 Å². The van der Waals surface area contributed by atoms with E-state index in [1.807, 2.05) is 41.8 Å². The third-order valence-electron chi connectivity index (χ3n) is 2.61. The number of aryl methyl sites for hydroxylation is 1. The second kappa shape index (κ2) is 6.57. The Balaban J connectivity index is 1.77. The summed E-state index contributed by atoms with van der Waals surface area (Å²) in [7, 11) is 0. The second-order valence-corrected chi connectivity index (χ2v) is 5.39. The molecule has 1 amide bonds. The Morgan fingerprint density at radius 1 is 1.22 bits per heavy atom. The summed E-state index contributed by atoms with van der Waals surface area (Å²) in [6.07, 6.45) is 1.32. The molecule has 0 radical (unpaired) electrons. The van der Waals surface area contributed by atoms with Crippen LogP contribution in [0.25, 0.3) is 0 Å². The standard InChI is InChI=1S/C14H14ClNOS/c15-13-6-2-1-4-11(13)10-16-14(17)8-7-12-5-3-9-18-12/h1-6,9H,7-8,10H2,(H,16,17). The van der Waals surface area contributed by atoms with Gasteiger partial charge in [-0.2, -0.15) is 0 Å². The highest BCUT2D eigenvalue weighted by molar-refractivity contribution is 7.09. The van der Waals surface area contributed by atoms with Crippen LogP contribution in [0.2, 0.25) is 5.02 Å². The van der Waals surface area contributed by atoms with Crippen molar-refractivity contribution in [3.05, 3.63) is 57.2 Å². The predicted molar refractivity (Wildman–Crippen MR) is 75.9 cm³/mol. The Morgan fingerprint density at radius 3 is 2.78 bits per heavy atom. The Kier molecular flexibility index (Phi) is 4.79. The molecule has 0 saturated heterocycles. The van der Waals surface area contributed by atoms with E-state index in [2.05, 4.69) is 5.32 Å². The summed E-state index contributed by atoms with van der Waals surface area (Å²) >= 11 is 7.70. The first-order valence-corrected chi connectivity index (χ1v) is 7.04. The van der Waals surface area contributed by atoms with Gasteiger partial charge >= 0.3 is 0 Å². The summed E-state index contributed by atoms with van der Waals surface area (Å²) in [6, 6.07) is 11.6. The zero-order valence-electron chi connectivity index (χ0n) is 9.86. The minimum Gasteiger partial charge on any atom is -0.352 e. The average molecular weight is 280 g/mol. The van der Waals surface area contributed by atoms with Crippen LogP contribution in [0, 0.1) is 0 Å². The van der Waals surface area contributed by atoms with Crippen molar-refractivity contribution in [2.75, 3.05) is 0 Å². The maximum absolute atomic E-state index is 11.7. The van der Waals surface area contributed by atoms with Gasteiger partial charge in [0.25, 0.3) is 0 Å². The second-order valence-electron chi connectivity index (χ2n) is 3.95. The molecule has 0 fully saturated rings. The lowest BCUT2D eigenvalue weighted by atomic mass is 10.2. The summed E-state index contributed by atoms with van der Waals surface area (Å²) in [5.74, 6) is 0.0586. The summed E-state index contributed by atoms with van der Waals surface area (Å²) in [5, 5.41) is 5.60. The third kappa shape index (κ3) is 3.86. The van der Waals surface area contributed by atoms with Crippen molar-refractivity contribution >= 4 is 28.8 Å². The number of benzene rings is 1. The molecule has 0 aliphatic carbocycles. The molecule has 2 nitrogen and oxygen atoms in total. The highest BCUT2D eigenvalue weighted by atomic mass is 35.5. The lowest BCUT2D eigenvalue weighted by Crippen LogP contribution is -2.23. The van der Waals surface area contributed by atoms with Crippen LogP contribution in [-0.2, 0) is 17.8 Å². The van der Waals surface area contributed by atoms with Gasteiger partial charge in [0.15, 0.2) is 0 Å². The van der Waals surface area contributed by atoms with Crippen molar-refractivity contribution in [2.45, 2.75) is 19.4 Å². The fourth-order valence-electron chi connectivity index (χ4n) is 1.62. The SMILES string of the molecule is O=C(CCc1cccs1)NCc1ccccc1Cl. The predicted octanol–water partition coefficient (Wildman–Crippen LogP) is 3.65. The molecule has 0 bridgehead atoms. The number of hydrogen-bond acceptors (Lipinski definition) is 2. The molecule has 1 heterocycles. The first-order valence-electron chi connectivity index (χ1n) is 5.78. The lowest BCUT2D eigenvalue weighted by Gasteiger charge is -2.06. The van der Waals surface area contributed by atoms with Gasteiger partial charge in [0.05, 0.1) is 0 Å². The quantitative estimate of drug-likeness (QED) is 0.889. The van der Waals surface area contributed by atoms with Crippen LogP contribution in [0.3, 0.4) is 0 Å². The van der Waals surface area contributed by atoms with Gasteiger partial charge in [0.1, 0.15) is 0 Å². The fraction of sp³-hybridized carbons (Fsp3) is 0.214. The van der Waals surface area contributed by atoms with Gasteiger partial charge in [-0.3, -0.25) is 4.79 Å². The number of amides is 1. The van der Waals surface area contributed by atoms with E-state index in [9.17, 15) is 4.79 Å². The van der Waals surface area contributed by atoms with Crippen LogP contribution >= 0.6 is 22.9 Å². The first kappa shape index (κ1) is 13.1. The Hall–Kier alpha value is -1.32. The van der Waals surface area contributed by atoms with Gasteiger partial charge in [-0.25, -0.2) is 0 Å². The zero-order chi connectivity index (χ0) is 12.8. The van der Waals surface area contributed by atoms with Crippen LogP contribution in [0.1, 0.15) is 16.9 Å². The summed E-state index contributed by atoms with van der Waals surface area (Å²) < 4.78 is 0. The molecule has 0 spiro atoms. The minimum absolute atomic E-state index is 0.0586. The molecule has 1 N–H and O–H groups in total. The van der Waals surface area contributed by atoms with Gasteiger partial charge in [-0.15, -0.1) is 11.3 Å². The lowest BCUT2D eigenvalue weighted by molar-refractivity contribution is -0.121. The molecule has 94 valence electrons. The number of halogens is 1. The zero-order valence-corrected chi connectivity index (χ0v) is 11.4. The van der Waals surface area contributed by atoms with E-state index in [1.165, 1.54) is 4.88 Å². The topological polar surface area (TPSA) is 29.1 Å². The Morgan fingerprint density at radius 2 is 2.06 bits per heavy atom. The van der Waals surface area contributed by atoms with Crippen LogP contribution in [0.4, 0.5) is 0 Å². The number of hydrogen-bond donors (Lipinski definition) is 1. The molecule has 0 aliphatic heterocycles. The molecule has 0 aliphatic rings. The summed E-state index contributed by atoms with van der Waals surface area (Å²) in [5.41, 5.74) is 0.948. The van der Waals surface area contributed by atoms with E-state index >= 15 is 0 Å². The molecule has 0 saturated carbocycles. The minimum atomic E-state index is 0.0586. The van der Waals surface area contributed by atoms with Crippen LogP contribution in [-0.4, -0.2) is 5.91 Å². The molecule has 1 aromatic carbocycles. The van der Waals surface area contributed by atoms with Crippen molar-refractivity contribution in [1.29, 1.82) is 0 Å². The van der Waals surface area contributed by atoms with E-state index in [1.54, 1.807) is 11.3 Å². The fourth-order valence-corrected chi connectivity index (χ4v) is 2.53. The molecule has 2 rings (SSSR count). The van der Waals surface area contributed by atoms with Gasteiger partial charge in [0, 0.05) is 22.9 Å². The van der Waals surface area contributed by atoms with E-state index in [0.29, 0.717) is 18.0 Å². The number of rotatable bonds is 5. The molecule has 4 heteroatoms. The maximum Gasteiger partial charge on any atom is 0.220 e. The smallest absolute Gasteiger partial charge is 0.220 e.